The minimum atomic E-state index is 0.614. The predicted molar refractivity (Wildman–Crippen MR) is 55.7 cm³/mol. The zero-order valence-electron chi connectivity index (χ0n) is 8.54. The number of likely N-dealkylation sites (N-methyl/N-ethyl adjacent to an activating group) is 1. The lowest BCUT2D eigenvalue weighted by atomic mass is 9.89. The molecule has 0 N–H and O–H groups in total. The molecule has 70 valence electrons. The van der Waals surface area contributed by atoms with Gasteiger partial charge >= 0.3 is 0 Å². The lowest BCUT2D eigenvalue weighted by molar-refractivity contribution is 0.408. The molecule has 0 aromatic rings. The van der Waals surface area contributed by atoms with Gasteiger partial charge in [0.05, 0.1) is 12.3 Å². The van der Waals surface area contributed by atoms with Crippen molar-refractivity contribution in [3.8, 4) is 0 Å². The van der Waals surface area contributed by atoms with E-state index in [0.717, 1.165) is 13.0 Å². The number of fused-ring (bicyclic) bond motifs is 1. The third kappa shape index (κ3) is 1.41. The van der Waals surface area contributed by atoms with E-state index in [-0.39, 0.29) is 0 Å². The summed E-state index contributed by atoms with van der Waals surface area (Å²) in [7, 11) is 2.04. The maximum atomic E-state index is 4.48. The van der Waals surface area contributed by atoms with Crippen LogP contribution >= 0.6 is 0 Å². The number of rotatable bonds is 1. The second kappa shape index (κ2) is 3.02. The van der Waals surface area contributed by atoms with Crippen molar-refractivity contribution in [2.75, 3.05) is 13.6 Å². The van der Waals surface area contributed by atoms with Gasteiger partial charge in [0.1, 0.15) is 0 Å². The van der Waals surface area contributed by atoms with Crippen molar-refractivity contribution in [2.24, 2.45) is 11.0 Å². The number of allylic oxidation sites excluding steroid dienone is 3. The van der Waals surface area contributed by atoms with Crippen molar-refractivity contribution in [3.05, 3.63) is 23.3 Å². The molecule has 0 spiro atoms. The average molecular weight is 176 g/mol. The molecular formula is C11H16N2. The van der Waals surface area contributed by atoms with Crippen molar-refractivity contribution in [2.45, 2.75) is 20.3 Å². The Morgan fingerprint density at radius 1 is 1.46 bits per heavy atom. The summed E-state index contributed by atoms with van der Waals surface area (Å²) >= 11 is 0. The van der Waals surface area contributed by atoms with Crippen LogP contribution in [0.15, 0.2) is 28.4 Å². The molecule has 2 aliphatic rings. The van der Waals surface area contributed by atoms with Gasteiger partial charge < -0.3 is 0 Å². The first-order valence-electron chi connectivity index (χ1n) is 4.87. The Hall–Kier alpha value is -1.05. The van der Waals surface area contributed by atoms with Crippen molar-refractivity contribution in [1.29, 1.82) is 0 Å². The van der Waals surface area contributed by atoms with Gasteiger partial charge in [0.15, 0.2) is 0 Å². The first kappa shape index (κ1) is 8.54. The molecule has 0 fully saturated rings. The van der Waals surface area contributed by atoms with Crippen molar-refractivity contribution < 1.29 is 0 Å². The summed E-state index contributed by atoms with van der Waals surface area (Å²) in [6.07, 6.45) is 5.49. The highest BCUT2D eigenvalue weighted by atomic mass is 15.5. The van der Waals surface area contributed by atoms with Crippen LogP contribution < -0.4 is 0 Å². The van der Waals surface area contributed by atoms with Crippen LogP contribution in [-0.2, 0) is 0 Å². The third-order valence-corrected chi connectivity index (χ3v) is 2.61. The highest BCUT2D eigenvalue weighted by Gasteiger charge is 2.23. The average Bonchev–Trinajstić information content (AvgIpc) is 2.43. The van der Waals surface area contributed by atoms with E-state index in [0.29, 0.717) is 5.92 Å². The maximum absolute atomic E-state index is 4.48. The molecule has 0 bridgehead atoms. The van der Waals surface area contributed by atoms with E-state index in [1.54, 1.807) is 0 Å². The number of hydrogen-bond acceptors (Lipinski definition) is 2. The standard InChI is InChI=1S/C11H16N2/c1-8(2)9-5-4-6-11-10(9)7-13(3)12-11/h4-5,8H,6-7H2,1-3H3. The van der Waals surface area contributed by atoms with Gasteiger partial charge in [-0.2, -0.15) is 5.10 Å². The Labute approximate surface area is 79.6 Å². The first-order chi connectivity index (χ1) is 6.18. The molecule has 1 aliphatic heterocycles. The summed E-state index contributed by atoms with van der Waals surface area (Å²) in [6.45, 7) is 5.48. The Morgan fingerprint density at radius 3 is 2.92 bits per heavy atom. The first-order valence-corrected chi connectivity index (χ1v) is 4.87. The molecule has 0 radical (unpaired) electrons. The molecular weight excluding hydrogens is 160 g/mol. The minimum absolute atomic E-state index is 0.614. The van der Waals surface area contributed by atoms with Crippen LogP contribution in [0.4, 0.5) is 0 Å². The molecule has 0 saturated heterocycles. The highest BCUT2D eigenvalue weighted by molar-refractivity contribution is 6.04. The molecule has 0 aromatic heterocycles. The molecule has 0 saturated carbocycles. The van der Waals surface area contributed by atoms with Gasteiger partial charge in [0.2, 0.25) is 0 Å². The highest BCUT2D eigenvalue weighted by Crippen LogP contribution is 2.27. The van der Waals surface area contributed by atoms with Crippen LogP contribution in [0.3, 0.4) is 0 Å². The summed E-state index contributed by atoms with van der Waals surface area (Å²) in [4.78, 5) is 0. The largest absolute Gasteiger partial charge is 0.295 e. The number of hydrogen-bond donors (Lipinski definition) is 0. The third-order valence-electron chi connectivity index (χ3n) is 2.61. The van der Waals surface area contributed by atoms with Crippen LogP contribution in [0, 0.1) is 5.92 Å². The fraction of sp³-hybridized carbons (Fsp3) is 0.545. The number of hydrazone groups is 1. The SMILES string of the molecule is CC(C)C1=C2CN(C)N=C2CC=C1. The monoisotopic (exact) mass is 176 g/mol. The lowest BCUT2D eigenvalue weighted by Crippen LogP contribution is -2.12. The molecule has 1 aliphatic carbocycles. The quantitative estimate of drug-likeness (QED) is 0.598. The smallest absolute Gasteiger partial charge is 0.0696 e. The van der Waals surface area contributed by atoms with Crippen LogP contribution in [0.25, 0.3) is 0 Å². The normalized spacial score (nSPS) is 21.2. The van der Waals surface area contributed by atoms with E-state index in [4.69, 9.17) is 0 Å². The molecule has 0 unspecified atom stereocenters. The van der Waals surface area contributed by atoms with Crippen molar-refractivity contribution >= 4 is 5.71 Å². The fourth-order valence-electron chi connectivity index (χ4n) is 1.98. The summed E-state index contributed by atoms with van der Waals surface area (Å²) in [5, 5.41) is 6.51. The predicted octanol–water partition coefficient (Wildman–Crippen LogP) is 2.20. The molecule has 0 amide bonds. The van der Waals surface area contributed by atoms with E-state index in [1.807, 2.05) is 12.1 Å². The van der Waals surface area contributed by atoms with E-state index in [2.05, 4.69) is 31.1 Å². The van der Waals surface area contributed by atoms with Gasteiger partial charge in [-0.15, -0.1) is 0 Å². The summed E-state index contributed by atoms with van der Waals surface area (Å²) in [5.41, 5.74) is 4.20. The Kier molecular flexibility index (Phi) is 1.98. The molecule has 2 rings (SSSR count). The topological polar surface area (TPSA) is 15.6 Å². The molecule has 2 heteroatoms. The van der Waals surface area contributed by atoms with E-state index in [9.17, 15) is 0 Å². The fourth-order valence-corrected chi connectivity index (χ4v) is 1.98. The maximum Gasteiger partial charge on any atom is 0.0696 e. The second-order valence-electron chi connectivity index (χ2n) is 4.06. The summed E-state index contributed by atoms with van der Waals surface area (Å²) in [5.74, 6) is 0.614. The molecule has 0 atom stereocenters. The van der Waals surface area contributed by atoms with E-state index >= 15 is 0 Å². The van der Waals surface area contributed by atoms with Crippen molar-refractivity contribution in [3.63, 3.8) is 0 Å². The van der Waals surface area contributed by atoms with E-state index < -0.39 is 0 Å². The van der Waals surface area contributed by atoms with Gasteiger partial charge in [-0.25, -0.2) is 0 Å². The zero-order valence-corrected chi connectivity index (χ0v) is 8.54. The molecule has 0 aromatic carbocycles. The van der Waals surface area contributed by atoms with Crippen LogP contribution in [0.2, 0.25) is 0 Å². The molecule has 13 heavy (non-hydrogen) atoms. The van der Waals surface area contributed by atoms with Crippen LogP contribution in [0.5, 0.6) is 0 Å². The lowest BCUT2D eigenvalue weighted by Gasteiger charge is -2.15. The van der Waals surface area contributed by atoms with Crippen LogP contribution in [0.1, 0.15) is 20.3 Å². The molecule has 2 nitrogen and oxygen atoms in total. The Balaban J connectivity index is 2.39. The van der Waals surface area contributed by atoms with Gasteiger partial charge in [0.25, 0.3) is 0 Å². The minimum Gasteiger partial charge on any atom is -0.295 e. The van der Waals surface area contributed by atoms with Gasteiger partial charge in [0, 0.05) is 19.0 Å². The van der Waals surface area contributed by atoms with Gasteiger partial charge in [-0.3, -0.25) is 5.01 Å². The number of nitrogens with zero attached hydrogens (tertiary/aromatic N) is 2. The molecule has 1 heterocycles. The summed E-state index contributed by atoms with van der Waals surface area (Å²) < 4.78 is 0. The van der Waals surface area contributed by atoms with Crippen molar-refractivity contribution in [1.82, 2.24) is 5.01 Å². The summed E-state index contributed by atoms with van der Waals surface area (Å²) in [6, 6.07) is 0. The zero-order chi connectivity index (χ0) is 9.42. The van der Waals surface area contributed by atoms with Crippen LogP contribution in [-0.4, -0.2) is 24.3 Å². The van der Waals surface area contributed by atoms with E-state index in [1.165, 1.54) is 16.9 Å². The Morgan fingerprint density at radius 2 is 2.23 bits per heavy atom. The van der Waals surface area contributed by atoms with Gasteiger partial charge in [-0.05, 0) is 11.5 Å². The Bertz CT molecular complexity index is 308. The van der Waals surface area contributed by atoms with Gasteiger partial charge in [-0.1, -0.05) is 26.0 Å². The second-order valence-corrected chi connectivity index (χ2v) is 4.06.